The van der Waals surface area contributed by atoms with Crippen LogP contribution in [-0.4, -0.2) is 73.3 Å². The maximum Gasteiger partial charge on any atom is 0.417 e. The molecule has 0 radical (unpaired) electrons. The van der Waals surface area contributed by atoms with Gasteiger partial charge in [0.15, 0.2) is 18.1 Å². The molecule has 3 rings (SSSR count). The average molecular weight is 420 g/mol. The highest BCUT2D eigenvalue weighted by atomic mass is 16.6. The first kappa shape index (κ1) is 21.7. The van der Waals surface area contributed by atoms with Crippen molar-refractivity contribution in [3.05, 3.63) is 17.7 Å². The highest BCUT2D eigenvalue weighted by molar-refractivity contribution is 5.98. The topological polar surface area (TPSA) is 94.6 Å². The molecule has 1 aromatic rings. The van der Waals surface area contributed by atoms with Gasteiger partial charge in [0.25, 0.3) is 11.8 Å². The van der Waals surface area contributed by atoms with E-state index >= 15 is 0 Å². The van der Waals surface area contributed by atoms with E-state index in [-0.39, 0.29) is 24.5 Å². The number of benzene rings is 1. The summed E-state index contributed by atoms with van der Waals surface area (Å²) in [5.74, 6) is 0.943. The van der Waals surface area contributed by atoms with Crippen LogP contribution in [0.4, 0.5) is 4.79 Å². The molecule has 9 heteroatoms. The standard InChI is InChI=1S/C21H28N2O7/c1-4-27-16-11-14(12-17(28-5-2)19(16)29-6-3)20(25)22-9-7-15(8-10-22)23-18(24)13-30-21(23)26/h11-12,15H,4-10,13H2,1-3H3. The molecule has 0 spiro atoms. The number of hydrogen-bond acceptors (Lipinski definition) is 7. The van der Waals surface area contributed by atoms with Crippen molar-refractivity contribution in [3.8, 4) is 17.2 Å². The number of nitrogens with zero attached hydrogens (tertiary/aromatic N) is 2. The highest BCUT2D eigenvalue weighted by Gasteiger charge is 2.39. The van der Waals surface area contributed by atoms with Gasteiger partial charge in [-0.05, 0) is 45.7 Å². The predicted molar refractivity (Wildman–Crippen MR) is 107 cm³/mol. The molecular formula is C21H28N2O7. The lowest BCUT2D eigenvalue weighted by Gasteiger charge is -2.34. The second-order valence-corrected chi connectivity index (χ2v) is 6.94. The van der Waals surface area contributed by atoms with E-state index in [4.69, 9.17) is 18.9 Å². The Labute approximate surface area is 175 Å². The Kier molecular flexibility index (Phi) is 7.02. The number of hydrogen-bond donors (Lipinski definition) is 0. The van der Waals surface area contributed by atoms with E-state index in [1.165, 1.54) is 4.90 Å². The number of rotatable bonds is 8. The fourth-order valence-corrected chi connectivity index (χ4v) is 3.74. The van der Waals surface area contributed by atoms with Crippen molar-refractivity contribution in [2.75, 3.05) is 39.5 Å². The van der Waals surface area contributed by atoms with Crippen LogP contribution in [0.5, 0.6) is 17.2 Å². The van der Waals surface area contributed by atoms with E-state index in [9.17, 15) is 14.4 Å². The van der Waals surface area contributed by atoms with Gasteiger partial charge in [-0.2, -0.15) is 0 Å². The van der Waals surface area contributed by atoms with Gasteiger partial charge in [0.1, 0.15) is 0 Å². The lowest BCUT2D eigenvalue weighted by atomic mass is 10.0. The van der Waals surface area contributed by atoms with Gasteiger partial charge in [0, 0.05) is 24.7 Å². The van der Waals surface area contributed by atoms with Crippen molar-refractivity contribution >= 4 is 17.9 Å². The number of amides is 3. The van der Waals surface area contributed by atoms with Crippen molar-refractivity contribution in [2.45, 2.75) is 39.7 Å². The minimum atomic E-state index is -0.598. The monoisotopic (exact) mass is 420 g/mol. The number of likely N-dealkylation sites (tertiary alicyclic amines) is 1. The summed E-state index contributed by atoms with van der Waals surface area (Å²) in [4.78, 5) is 39.7. The smallest absolute Gasteiger partial charge is 0.417 e. The van der Waals surface area contributed by atoms with Crippen LogP contribution in [0.1, 0.15) is 44.0 Å². The SMILES string of the molecule is CCOc1cc(C(=O)N2CCC(N3C(=O)COC3=O)CC2)cc(OCC)c1OCC. The van der Waals surface area contributed by atoms with Crippen molar-refractivity contribution in [2.24, 2.45) is 0 Å². The normalized spacial score (nSPS) is 17.2. The van der Waals surface area contributed by atoms with Crippen LogP contribution < -0.4 is 14.2 Å². The summed E-state index contributed by atoms with van der Waals surface area (Å²) in [6.45, 7) is 7.55. The quantitative estimate of drug-likeness (QED) is 0.638. The lowest BCUT2D eigenvalue weighted by Crippen LogP contribution is -2.48. The van der Waals surface area contributed by atoms with Crippen LogP contribution in [0, 0.1) is 0 Å². The van der Waals surface area contributed by atoms with Crippen LogP contribution >= 0.6 is 0 Å². The number of cyclic esters (lactones) is 1. The molecule has 0 aromatic heterocycles. The van der Waals surface area contributed by atoms with E-state index in [1.807, 2.05) is 20.8 Å². The van der Waals surface area contributed by atoms with Gasteiger partial charge in [0.2, 0.25) is 5.75 Å². The number of carbonyl (C=O) groups is 3. The fraction of sp³-hybridized carbons (Fsp3) is 0.571. The van der Waals surface area contributed by atoms with Crippen molar-refractivity contribution in [1.29, 1.82) is 0 Å². The Morgan fingerprint density at radius 3 is 2.03 bits per heavy atom. The molecule has 2 fully saturated rings. The summed E-state index contributed by atoms with van der Waals surface area (Å²) >= 11 is 0. The molecule has 0 atom stereocenters. The molecule has 2 aliphatic heterocycles. The molecule has 3 amide bonds. The second kappa shape index (κ2) is 9.69. The molecule has 9 nitrogen and oxygen atoms in total. The van der Waals surface area contributed by atoms with Crippen LogP contribution in [0.2, 0.25) is 0 Å². The Bertz CT molecular complexity index is 760. The largest absolute Gasteiger partial charge is 0.490 e. The second-order valence-electron chi connectivity index (χ2n) is 6.94. The van der Waals surface area contributed by atoms with Gasteiger partial charge in [0.05, 0.1) is 19.8 Å². The van der Waals surface area contributed by atoms with E-state index in [0.717, 1.165) is 0 Å². The first-order valence-corrected chi connectivity index (χ1v) is 10.3. The molecular weight excluding hydrogens is 392 g/mol. The van der Waals surface area contributed by atoms with Gasteiger partial charge in [-0.1, -0.05) is 0 Å². The van der Waals surface area contributed by atoms with E-state index in [2.05, 4.69) is 0 Å². The zero-order valence-corrected chi connectivity index (χ0v) is 17.6. The third kappa shape index (κ3) is 4.44. The summed E-state index contributed by atoms with van der Waals surface area (Å²) < 4.78 is 21.9. The van der Waals surface area contributed by atoms with Crippen LogP contribution in [0.3, 0.4) is 0 Å². The zero-order chi connectivity index (χ0) is 21.7. The molecule has 30 heavy (non-hydrogen) atoms. The molecule has 0 unspecified atom stereocenters. The van der Waals surface area contributed by atoms with E-state index in [1.54, 1.807) is 17.0 Å². The lowest BCUT2D eigenvalue weighted by molar-refractivity contribution is -0.127. The van der Waals surface area contributed by atoms with Gasteiger partial charge in [-0.25, -0.2) is 9.69 Å². The van der Waals surface area contributed by atoms with Crippen molar-refractivity contribution in [1.82, 2.24) is 9.80 Å². The molecule has 0 bridgehead atoms. The van der Waals surface area contributed by atoms with Crippen molar-refractivity contribution in [3.63, 3.8) is 0 Å². The molecule has 1 aromatic carbocycles. The van der Waals surface area contributed by atoms with E-state index in [0.29, 0.717) is 68.6 Å². The summed E-state index contributed by atoms with van der Waals surface area (Å²) in [6.07, 6.45) is 0.430. The number of carbonyl (C=O) groups excluding carboxylic acids is 3. The average Bonchev–Trinajstić information content (AvgIpc) is 3.08. The first-order chi connectivity index (χ1) is 14.5. The Balaban J connectivity index is 1.76. The number of ether oxygens (including phenoxy) is 4. The molecule has 2 saturated heterocycles. The maximum atomic E-state index is 13.1. The van der Waals surface area contributed by atoms with Gasteiger partial charge >= 0.3 is 6.09 Å². The molecule has 2 aliphatic rings. The molecule has 0 aliphatic carbocycles. The van der Waals surface area contributed by atoms with Gasteiger partial charge < -0.3 is 23.8 Å². The van der Waals surface area contributed by atoms with Crippen LogP contribution in [-0.2, 0) is 9.53 Å². The summed E-state index contributed by atoms with van der Waals surface area (Å²) in [7, 11) is 0. The maximum absolute atomic E-state index is 13.1. The summed E-state index contributed by atoms with van der Waals surface area (Å²) in [5.41, 5.74) is 0.445. The molecule has 164 valence electrons. The third-order valence-electron chi connectivity index (χ3n) is 5.06. The van der Waals surface area contributed by atoms with Crippen molar-refractivity contribution < 1.29 is 33.3 Å². The van der Waals surface area contributed by atoms with Crippen LogP contribution in [0.15, 0.2) is 12.1 Å². The van der Waals surface area contributed by atoms with Gasteiger partial charge in [-0.15, -0.1) is 0 Å². The first-order valence-electron chi connectivity index (χ1n) is 10.3. The molecule has 2 heterocycles. The molecule has 0 N–H and O–H groups in total. The highest BCUT2D eigenvalue weighted by Crippen LogP contribution is 2.39. The predicted octanol–water partition coefficient (Wildman–Crippen LogP) is 2.47. The summed E-state index contributed by atoms with van der Waals surface area (Å²) in [5, 5.41) is 0. The van der Waals surface area contributed by atoms with Crippen LogP contribution in [0.25, 0.3) is 0 Å². The molecule has 0 saturated carbocycles. The Hall–Kier alpha value is -2.97. The fourth-order valence-electron chi connectivity index (χ4n) is 3.74. The van der Waals surface area contributed by atoms with Gasteiger partial charge in [-0.3, -0.25) is 9.59 Å². The number of imide groups is 1. The summed E-state index contributed by atoms with van der Waals surface area (Å²) in [6, 6.07) is 3.11. The zero-order valence-electron chi connectivity index (χ0n) is 17.6. The third-order valence-corrected chi connectivity index (χ3v) is 5.06. The minimum Gasteiger partial charge on any atom is -0.490 e. The number of piperidine rings is 1. The minimum absolute atomic E-state index is 0.159. The Morgan fingerprint density at radius 1 is 1.00 bits per heavy atom. The van der Waals surface area contributed by atoms with E-state index < -0.39 is 6.09 Å². The Morgan fingerprint density at radius 2 is 1.57 bits per heavy atom.